The Hall–Kier alpha value is -1.62. The van der Waals surface area contributed by atoms with Crippen molar-refractivity contribution in [2.75, 3.05) is 5.88 Å². The van der Waals surface area contributed by atoms with E-state index in [1.54, 1.807) is 29.3 Å². The summed E-state index contributed by atoms with van der Waals surface area (Å²) in [6, 6.07) is 0.0131. The zero-order valence-electron chi connectivity index (χ0n) is 11.9. The Labute approximate surface area is 123 Å². The number of aromatic nitrogens is 3. The second-order valence-electron chi connectivity index (χ2n) is 5.83. The van der Waals surface area contributed by atoms with Crippen molar-refractivity contribution in [1.29, 1.82) is 0 Å². The molecule has 2 rings (SSSR count). The van der Waals surface area contributed by atoms with Crippen LogP contribution in [-0.4, -0.2) is 32.4 Å². The zero-order chi connectivity index (χ0) is 14.8. The van der Waals surface area contributed by atoms with Crippen molar-refractivity contribution in [3.63, 3.8) is 0 Å². The van der Waals surface area contributed by atoms with E-state index in [1.165, 1.54) is 0 Å². The number of hydrogen-bond acceptors (Lipinski definition) is 3. The molecule has 0 bridgehead atoms. The van der Waals surface area contributed by atoms with Gasteiger partial charge in [0.2, 0.25) is 0 Å². The molecule has 6 heteroatoms. The van der Waals surface area contributed by atoms with Gasteiger partial charge < -0.3 is 5.32 Å². The summed E-state index contributed by atoms with van der Waals surface area (Å²) in [5, 5.41) is 7.19. The van der Waals surface area contributed by atoms with E-state index in [1.807, 2.05) is 0 Å². The number of alkyl halides is 1. The van der Waals surface area contributed by atoms with E-state index in [0.29, 0.717) is 17.0 Å². The van der Waals surface area contributed by atoms with Crippen LogP contribution in [-0.2, 0) is 0 Å². The second-order valence-corrected chi connectivity index (χ2v) is 6.21. The van der Waals surface area contributed by atoms with Crippen LogP contribution in [0.3, 0.4) is 0 Å². The monoisotopic (exact) mass is 294 g/mol. The molecule has 108 valence electrons. The maximum Gasteiger partial charge on any atom is 0.255 e. The third kappa shape index (κ3) is 3.10. The van der Waals surface area contributed by atoms with E-state index in [0.717, 1.165) is 6.42 Å². The highest BCUT2D eigenvalue weighted by atomic mass is 35.5. The Kier molecular flexibility index (Phi) is 4.28. The molecular weight excluding hydrogens is 276 g/mol. The summed E-state index contributed by atoms with van der Waals surface area (Å²) in [5.74, 6) is 0.372. The number of nitrogens with one attached hydrogen (secondary N) is 1. The van der Waals surface area contributed by atoms with Crippen LogP contribution >= 0.6 is 11.6 Å². The Morgan fingerprint density at radius 3 is 2.85 bits per heavy atom. The van der Waals surface area contributed by atoms with Gasteiger partial charge in [0.05, 0.1) is 23.5 Å². The highest BCUT2D eigenvalue weighted by Crippen LogP contribution is 2.23. The number of nitrogens with zero attached hydrogens (tertiary/aromatic N) is 3. The fourth-order valence-electron chi connectivity index (χ4n) is 2.08. The molecule has 20 heavy (non-hydrogen) atoms. The molecule has 1 unspecified atom stereocenters. The molecule has 1 N–H and O–H groups in total. The molecule has 0 aliphatic carbocycles. The van der Waals surface area contributed by atoms with Crippen LogP contribution in [0.4, 0.5) is 0 Å². The van der Waals surface area contributed by atoms with Crippen LogP contribution < -0.4 is 5.32 Å². The third-order valence-corrected chi connectivity index (χ3v) is 3.54. The molecule has 2 aromatic heterocycles. The fraction of sp³-hybridized carbons (Fsp3) is 0.500. The van der Waals surface area contributed by atoms with Crippen LogP contribution in [0.25, 0.3) is 5.52 Å². The van der Waals surface area contributed by atoms with Crippen LogP contribution in [0.15, 0.2) is 24.8 Å². The normalized spacial score (nSPS) is 13.4. The SMILES string of the molecule is CC(C)(C)C(CCCl)NC(=O)c1cnn2ccncc12. The molecule has 5 nitrogen and oxygen atoms in total. The Morgan fingerprint density at radius 1 is 1.45 bits per heavy atom. The van der Waals surface area contributed by atoms with E-state index in [4.69, 9.17) is 11.6 Å². The molecule has 1 atom stereocenters. The predicted octanol–water partition coefficient (Wildman–Crippen LogP) is 2.50. The topological polar surface area (TPSA) is 59.3 Å². The quantitative estimate of drug-likeness (QED) is 0.882. The third-order valence-electron chi connectivity index (χ3n) is 3.32. The highest BCUT2D eigenvalue weighted by Gasteiger charge is 2.26. The summed E-state index contributed by atoms with van der Waals surface area (Å²) in [6.07, 6.45) is 7.27. The van der Waals surface area contributed by atoms with Crippen molar-refractivity contribution in [2.45, 2.75) is 33.2 Å². The van der Waals surface area contributed by atoms with Gasteiger partial charge in [-0.1, -0.05) is 20.8 Å². The summed E-state index contributed by atoms with van der Waals surface area (Å²) in [5.41, 5.74) is 1.18. The fourth-order valence-corrected chi connectivity index (χ4v) is 2.29. The first-order valence-electron chi connectivity index (χ1n) is 6.57. The lowest BCUT2D eigenvalue weighted by Crippen LogP contribution is -2.44. The highest BCUT2D eigenvalue weighted by molar-refractivity contribution is 6.17. The Bertz CT molecular complexity index is 602. The number of carbonyl (C=O) groups excluding carboxylic acids is 1. The van der Waals surface area contributed by atoms with Crippen LogP contribution in [0.1, 0.15) is 37.6 Å². The molecule has 1 amide bonds. The number of amides is 1. The van der Waals surface area contributed by atoms with Gasteiger partial charge >= 0.3 is 0 Å². The van der Waals surface area contributed by atoms with Gasteiger partial charge in [0.15, 0.2) is 0 Å². The molecule has 0 spiro atoms. The van der Waals surface area contributed by atoms with E-state index in [-0.39, 0.29) is 17.4 Å². The summed E-state index contributed by atoms with van der Waals surface area (Å²) < 4.78 is 1.63. The van der Waals surface area contributed by atoms with Gasteiger partial charge in [0.1, 0.15) is 0 Å². The van der Waals surface area contributed by atoms with Gasteiger partial charge in [-0.15, -0.1) is 11.6 Å². The van der Waals surface area contributed by atoms with Crippen molar-refractivity contribution in [3.05, 3.63) is 30.4 Å². The van der Waals surface area contributed by atoms with E-state index < -0.39 is 0 Å². The van der Waals surface area contributed by atoms with Crippen molar-refractivity contribution in [1.82, 2.24) is 19.9 Å². The molecule has 0 saturated carbocycles. The standard InChI is InChI=1S/C14H19ClN4O/c1-14(2,3)12(4-5-15)18-13(20)10-8-17-19-7-6-16-9-11(10)19/h6-9,12H,4-5H2,1-3H3,(H,18,20). The number of halogens is 1. The average molecular weight is 295 g/mol. The number of hydrogen-bond donors (Lipinski definition) is 1. The lowest BCUT2D eigenvalue weighted by Gasteiger charge is -2.31. The summed E-state index contributed by atoms with van der Waals surface area (Å²) in [6.45, 7) is 6.26. The lowest BCUT2D eigenvalue weighted by atomic mass is 9.85. The van der Waals surface area contributed by atoms with Gasteiger partial charge in [0, 0.05) is 24.3 Å². The lowest BCUT2D eigenvalue weighted by molar-refractivity contribution is 0.0902. The number of carbonyl (C=O) groups is 1. The van der Waals surface area contributed by atoms with Crippen molar-refractivity contribution in [2.24, 2.45) is 5.41 Å². The van der Waals surface area contributed by atoms with Crippen molar-refractivity contribution >= 4 is 23.0 Å². The average Bonchev–Trinajstić information content (AvgIpc) is 2.81. The molecular formula is C14H19ClN4O. The molecule has 0 aromatic carbocycles. The first-order valence-corrected chi connectivity index (χ1v) is 7.11. The van der Waals surface area contributed by atoms with Gasteiger partial charge in [0.25, 0.3) is 5.91 Å². The second kappa shape index (κ2) is 5.79. The smallest absolute Gasteiger partial charge is 0.255 e. The Morgan fingerprint density at radius 2 is 2.20 bits per heavy atom. The minimum Gasteiger partial charge on any atom is -0.349 e. The van der Waals surface area contributed by atoms with Crippen molar-refractivity contribution < 1.29 is 4.79 Å². The van der Waals surface area contributed by atoms with Crippen LogP contribution in [0.5, 0.6) is 0 Å². The van der Waals surface area contributed by atoms with E-state index >= 15 is 0 Å². The maximum absolute atomic E-state index is 12.4. The molecule has 0 radical (unpaired) electrons. The minimum absolute atomic E-state index is 0.0131. The first kappa shape index (κ1) is 14.8. The summed E-state index contributed by atoms with van der Waals surface area (Å²) >= 11 is 5.83. The van der Waals surface area contributed by atoms with Crippen LogP contribution in [0.2, 0.25) is 0 Å². The zero-order valence-corrected chi connectivity index (χ0v) is 12.7. The minimum atomic E-state index is -0.141. The molecule has 0 fully saturated rings. The van der Waals surface area contributed by atoms with Gasteiger partial charge in [-0.05, 0) is 11.8 Å². The number of fused-ring (bicyclic) bond motifs is 1. The molecule has 2 aromatic rings. The van der Waals surface area contributed by atoms with Gasteiger partial charge in [-0.3, -0.25) is 9.78 Å². The van der Waals surface area contributed by atoms with Gasteiger partial charge in [-0.2, -0.15) is 5.10 Å². The maximum atomic E-state index is 12.4. The predicted molar refractivity (Wildman–Crippen MR) is 79.0 cm³/mol. The molecule has 2 heterocycles. The molecule has 0 saturated heterocycles. The van der Waals surface area contributed by atoms with E-state index in [9.17, 15) is 4.79 Å². The van der Waals surface area contributed by atoms with Gasteiger partial charge in [-0.25, -0.2) is 4.52 Å². The van der Waals surface area contributed by atoms with E-state index in [2.05, 4.69) is 36.2 Å². The molecule has 0 aliphatic heterocycles. The first-order chi connectivity index (χ1) is 9.43. The number of rotatable bonds is 4. The Balaban J connectivity index is 2.23. The molecule has 0 aliphatic rings. The largest absolute Gasteiger partial charge is 0.349 e. The summed E-state index contributed by atoms with van der Waals surface area (Å²) in [4.78, 5) is 16.4. The van der Waals surface area contributed by atoms with Crippen molar-refractivity contribution in [3.8, 4) is 0 Å². The van der Waals surface area contributed by atoms with Crippen LogP contribution in [0, 0.1) is 5.41 Å². The summed E-state index contributed by atoms with van der Waals surface area (Å²) in [7, 11) is 0.